The molecule has 2 rings (SSSR count). The van der Waals surface area contributed by atoms with Gasteiger partial charge in [0.15, 0.2) is 0 Å². The lowest BCUT2D eigenvalue weighted by Gasteiger charge is -2.25. The van der Waals surface area contributed by atoms with Crippen LogP contribution >= 0.6 is 15.9 Å². The maximum Gasteiger partial charge on any atom is 0.137 e. The van der Waals surface area contributed by atoms with Gasteiger partial charge in [0.2, 0.25) is 0 Å². The van der Waals surface area contributed by atoms with Gasteiger partial charge in [-0.05, 0) is 53.2 Å². The van der Waals surface area contributed by atoms with Gasteiger partial charge >= 0.3 is 0 Å². The van der Waals surface area contributed by atoms with Crippen molar-refractivity contribution in [2.75, 3.05) is 13.2 Å². The Morgan fingerprint density at radius 2 is 2.37 bits per heavy atom. The van der Waals surface area contributed by atoms with Gasteiger partial charge in [-0.3, -0.25) is 0 Å². The molecule has 2 N–H and O–H groups in total. The quantitative estimate of drug-likeness (QED) is 0.902. The molecule has 2 unspecified atom stereocenters. The highest BCUT2D eigenvalue weighted by Gasteiger charge is 2.19. The standard InChI is InChI=1S/C15H22BrNO2/c1-2-12(17)9-11-5-3-7-14(16)15(11)19-13-6-4-8-18-10-13/h3,5,7,12-13H,2,4,6,8-10,17H2,1H3. The lowest BCUT2D eigenvalue weighted by atomic mass is 10.0. The molecule has 0 saturated carbocycles. The third-order valence-electron chi connectivity index (χ3n) is 3.46. The van der Waals surface area contributed by atoms with Crippen LogP contribution in [0.2, 0.25) is 0 Å². The Morgan fingerprint density at radius 1 is 1.53 bits per heavy atom. The molecule has 1 fully saturated rings. The van der Waals surface area contributed by atoms with Crippen LogP contribution in [-0.4, -0.2) is 25.4 Å². The number of nitrogens with two attached hydrogens (primary N) is 1. The minimum Gasteiger partial charge on any atom is -0.487 e. The summed E-state index contributed by atoms with van der Waals surface area (Å²) < 4.78 is 12.6. The predicted octanol–water partition coefficient (Wildman–Crippen LogP) is 3.29. The molecule has 1 aromatic carbocycles. The van der Waals surface area contributed by atoms with Crippen molar-refractivity contribution in [2.24, 2.45) is 5.73 Å². The lowest BCUT2D eigenvalue weighted by Crippen LogP contribution is -2.29. The van der Waals surface area contributed by atoms with Gasteiger partial charge < -0.3 is 15.2 Å². The highest BCUT2D eigenvalue weighted by Crippen LogP contribution is 2.32. The molecule has 1 heterocycles. The number of hydrogen-bond acceptors (Lipinski definition) is 3. The van der Waals surface area contributed by atoms with Gasteiger partial charge in [-0.1, -0.05) is 19.1 Å². The molecule has 2 atom stereocenters. The van der Waals surface area contributed by atoms with Crippen LogP contribution in [0.15, 0.2) is 22.7 Å². The molecule has 1 aliphatic heterocycles. The lowest BCUT2D eigenvalue weighted by molar-refractivity contribution is 0.00669. The van der Waals surface area contributed by atoms with E-state index in [1.165, 1.54) is 5.56 Å². The van der Waals surface area contributed by atoms with Crippen molar-refractivity contribution < 1.29 is 9.47 Å². The number of benzene rings is 1. The zero-order chi connectivity index (χ0) is 13.7. The van der Waals surface area contributed by atoms with Crippen molar-refractivity contribution in [1.29, 1.82) is 0 Å². The van der Waals surface area contributed by atoms with E-state index in [0.29, 0.717) is 6.61 Å². The molecule has 0 aliphatic carbocycles. The van der Waals surface area contributed by atoms with E-state index in [4.69, 9.17) is 15.2 Å². The summed E-state index contributed by atoms with van der Waals surface area (Å²) in [5.74, 6) is 0.932. The van der Waals surface area contributed by atoms with Gasteiger partial charge in [0.1, 0.15) is 11.9 Å². The fourth-order valence-electron chi connectivity index (χ4n) is 2.24. The van der Waals surface area contributed by atoms with Crippen LogP contribution in [-0.2, 0) is 11.2 Å². The molecule has 0 amide bonds. The molecule has 1 saturated heterocycles. The largest absolute Gasteiger partial charge is 0.487 e. The van der Waals surface area contributed by atoms with Gasteiger partial charge in [0.25, 0.3) is 0 Å². The van der Waals surface area contributed by atoms with E-state index in [1.807, 2.05) is 12.1 Å². The van der Waals surface area contributed by atoms with E-state index in [-0.39, 0.29) is 12.1 Å². The Hall–Kier alpha value is -0.580. The topological polar surface area (TPSA) is 44.5 Å². The van der Waals surface area contributed by atoms with Gasteiger partial charge in [0, 0.05) is 12.6 Å². The van der Waals surface area contributed by atoms with Crippen LogP contribution < -0.4 is 10.5 Å². The summed E-state index contributed by atoms with van der Waals surface area (Å²) in [5, 5.41) is 0. The Morgan fingerprint density at radius 3 is 3.05 bits per heavy atom. The zero-order valence-electron chi connectivity index (χ0n) is 11.4. The van der Waals surface area contributed by atoms with Gasteiger partial charge in [-0.15, -0.1) is 0 Å². The molecule has 0 radical (unpaired) electrons. The molecular weight excluding hydrogens is 306 g/mol. The van der Waals surface area contributed by atoms with Crippen LogP contribution in [0, 0.1) is 0 Å². The maximum atomic E-state index is 6.14. The summed E-state index contributed by atoms with van der Waals surface area (Å²) in [6, 6.07) is 6.32. The SMILES string of the molecule is CCC(N)Cc1cccc(Br)c1OC1CCCOC1. The summed E-state index contributed by atoms with van der Waals surface area (Å²) in [7, 11) is 0. The Labute approximate surface area is 123 Å². The van der Waals surface area contributed by atoms with Gasteiger partial charge in [-0.2, -0.15) is 0 Å². The fourth-order valence-corrected chi connectivity index (χ4v) is 2.74. The zero-order valence-corrected chi connectivity index (χ0v) is 13.0. The van der Waals surface area contributed by atoms with E-state index >= 15 is 0 Å². The first kappa shape index (κ1) is 14.8. The van der Waals surface area contributed by atoms with Crippen LogP contribution in [0.3, 0.4) is 0 Å². The highest BCUT2D eigenvalue weighted by molar-refractivity contribution is 9.10. The van der Waals surface area contributed by atoms with E-state index in [2.05, 4.69) is 28.9 Å². The highest BCUT2D eigenvalue weighted by atomic mass is 79.9. The first-order valence-electron chi connectivity index (χ1n) is 6.98. The Bertz CT molecular complexity index is 405. The third kappa shape index (κ3) is 4.20. The Kier molecular flexibility index (Phi) is 5.67. The average molecular weight is 328 g/mol. The average Bonchev–Trinajstić information content (AvgIpc) is 2.43. The summed E-state index contributed by atoms with van der Waals surface area (Å²) in [5.41, 5.74) is 7.24. The number of hydrogen-bond donors (Lipinski definition) is 1. The van der Waals surface area contributed by atoms with Crippen LogP contribution in [0.4, 0.5) is 0 Å². The molecule has 0 spiro atoms. The van der Waals surface area contributed by atoms with Crippen molar-refractivity contribution in [3.8, 4) is 5.75 Å². The monoisotopic (exact) mass is 327 g/mol. The normalized spacial score (nSPS) is 21.1. The molecule has 1 aliphatic rings. The second-order valence-corrected chi connectivity index (χ2v) is 5.91. The molecule has 1 aromatic rings. The van der Waals surface area contributed by atoms with Gasteiger partial charge in [0.05, 0.1) is 11.1 Å². The number of halogens is 1. The second kappa shape index (κ2) is 7.27. The van der Waals surface area contributed by atoms with E-state index in [9.17, 15) is 0 Å². The number of rotatable bonds is 5. The minimum atomic E-state index is 0.157. The molecule has 4 heteroatoms. The molecular formula is C15H22BrNO2. The number of para-hydroxylation sites is 1. The van der Waals surface area contributed by atoms with Crippen LogP contribution in [0.25, 0.3) is 0 Å². The van der Waals surface area contributed by atoms with Gasteiger partial charge in [-0.25, -0.2) is 0 Å². The number of ether oxygens (including phenoxy) is 2. The Balaban J connectivity index is 2.12. The van der Waals surface area contributed by atoms with E-state index in [1.54, 1.807) is 0 Å². The van der Waals surface area contributed by atoms with E-state index in [0.717, 1.165) is 42.5 Å². The minimum absolute atomic E-state index is 0.157. The summed E-state index contributed by atoms with van der Waals surface area (Å²) in [6.07, 6.45) is 4.10. The van der Waals surface area contributed by atoms with Crippen LogP contribution in [0.1, 0.15) is 31.7 Å². The van der Waals surface area contributed by atoms with Crippen LogP contribution in [0.5, 0.6) is 5.75 Å². The van der Waals surface area contributed by atoms with Crippen molar-refractivity contribution in [3.63, 3.8) is 0 Å². The third-order valence-corrected chi connectivity index (χ3v) is 4.08. The molecule has 0 aromatic heterocycles. The fraction of sp³-hybridized carbons (Fsp3) is 0.600. The molecule has 3 nitrogen and oxygen atoms in total. The molecule has 106 valence electrons. The van der Waals surface area contributed by atoms with Crippen molar-refractivity contribution in [2.45, 2.75) is 44.8 Å². The molecule has 0 bridgehead atoms. The van der Waals surface area contributed by atoms with E-state index < -0.39 is 0 Å². The first-order valence-corrected chi connectivity index (χ1v) is 7.77. The maximum absolute atomic E-state index is 6.14. The summed E-state index contributed by atoms with van der Waals surface area (Å²) in [4.78, 5) is 0. The smallest absolute Gasteiger partial charge is 0.137 e. The predicted molar refractivity (Wildman–Crippen MR) is 80.6 cm³/mol. The van der Waals surface area contributed by atoms with Crippen molar-refractivity contribution >= 4 is 15.9 Å². The van der Waals surface area contributed by atoms with Crippen molar-refractivity contribution in [1.82, 2.24) is 0 Å². The first-order chi connectivity index (χ1) is 9.20. The summed E-state index contributed by atoms with van der Waals surface area (Å²) in [6.45, 7) is 3.64. The second-order valence-electron chi connectivity index (χ2n) is 5.06. The molecule has 19 heavy (non-hydrogen) atoms. The van der Waals surface area contributed by atoms with Crippen molar-refractivity contribution in [3.05, 3.63) is 28.2 Å². The summed E-state index contributed by atoms with van der Waals surface area (Å²) >= 11 is 3.58.